The van der Waals surface area contributed by atoms with Gasteiger partial charge in [0.1, 0.15) is 0 Å². The minimum Gasteiger partial charge on any atom is -0.481 e. The van der Waals surface area contributed by atoms with Crippen molar-refractivity contribution in [1.29, 1.82) is 0 Å². The van der Waals surface area contributed by atoms with Gasteiger partial charge in [0.15, 0.2) is 0 Å². The smallest absolute Gasteiger partial charge is 0.305 e. The van der Waals surface area contributed by atoms with Crippen molar-refractivity contribution in [2.75, 3.05) is 19.8 Å². The zero-order valence-electron chi connectivity index (χ0n) is 8.64. The lowest BCUT2D eigenvalue weighted by Crippen LogP contribution is -2.18. The number of hydrogen-bond donors (Lipinski definition) is 2. The predicted molar refractivity (Wildman–Crippen MR) is 50.7 cm³/mol. The molecular weight excluding hydrogens is 204 g/mol. The summed E-state index contributed by atoms with van der Waals surface area (Å²) in [5.41, 5.74) is 0. The molecule has 0 aromatic carbocycles. The molecule has 0 saturated heterocycles. The molecule has 0 rings (SSSR count). The molecule has 0 aromatic heterocycles. The monoisotopic (exact) mass is 220 g/mol. The number of carbonyl (C=O) groups is 2. The lowest BCUT2D eigenvalue weighted by molar-refractivity contribution is -0.140. The van der Waals surface area contributed by atoms with Crippen molar-refractivity contribution in [3.05, 3.63) is 0 Å². The molecule has 6 heteroatoms. The molecule has 1 atom stereocenters. The lowest BCUT2D eigenvalue weighted by Gasteiger charge is -2.12. The van der Waals surface area contributed by atoms with Gasteiger partial charge in [0.05, 0.1) is 38.8 Å². The van der Waals surface area contributed by atoms with Crippen molar-refractivity contribution in [3.63, 3.8) is 0 Å². The normalized spacial score (nSPS) is 12.3. The zero-order chi connectivity index (χ0) is 11.7. The Morgan fingerprint density at radius 1 is 1.13 bits per heavy atom. The van der Waals surface area contributed by atoms with E-state index in [9.17, 15) is 9.59 Å². The van der Waals surface area contributed by atoms with Crippen LogP contribution in [0.5, 0.6) is 0 Å². The van der Waals surface area contributed by atoms with E-state index in [-0.39, 0.29) is 38.8 Å². The second-order valence-electron chi connectivity index (χ2n) is 3.04. The Morgan fingerprint density at radius 3 is 2.20 bits per heavy atom. The molecule has 2 N–H and O–H groups in total. The average molecular weight is 220 g/mol. The first kappa shape index (κ1) is 13.9. The van der Waals surface area contributed by atoms with E-state index in [0.29, 0.717) is 0 Å². The van der Waals surface area contributed by atoms with Crippen LogP contribution < -0.4 is 0 Å². The Kier molecular flexibility index (Phi) is 7.57. The highest BCUT2D eigenvalue weighted by molar-refractivity contribution is 5.67. The summed E-state index contributed by atoms with van der Waals surface area (Å²) in [5.74, 6) is -1.82. The maximum atomic E-state index is 10.1. The fourth-order valence-corrected chi connectivity index (χ4v) is 0.804. The number of ether oxygens (including phenoxy) is 2. The van der Waals surface area contributed by atoms with Crippen LogP contribution in [-0.4, -0.2) is 48.1 Å². The Hall–Kier alpha value is -1.14. The summed E-state index contributed by atoms with van der Waals surface area (Å²) in [5, 5.41) is 16.6. The Labute approximate surface area is 87.8 Å². The largest absolute Gasteiger partial charge is 0.481 e. The van der Waals surface area contributed by atoms with Crippen LogP contribution in [0, 0.1) is 0 Å². The van der Waals surface area contributed by atoms with Crippen LogP contribution in [0.4, 0.5) is 0 Å². The second-order valence-corrected chi connectivity index (χ2v) is 3.04. The van der Waals surface area contributed by atoms with Gasteiger partial charge in [-0.15, -0.1) is 0 Å². The van der Waals surface area contributed by atoms with E-state index in [2.05, 4.69) is 0 Å². The first-order chi connectivity index (χ1) is 7.02. The van der Waals surface area contributed by atoms with Gasteiger partial charge in [0.2, 0.25) is 0 Å². The molecule has 0 amide bonds. The molecule has 0 aliphatic rings. The van der Waals surface area contributed by atoms with Crippen molar-refractivity contribution < 1.29 is 29.3 Å². The zero-order valence-corrected chi connectivity index (χ0v) is 8.64. The van der Waals surface area contributed by atoms with Crippen LogP contribution in [-0.2, 0) is 19.1 Å². The molecule has 15 heavy (non-hydrogen) atoms. The van der Waals surface area contributed by atoms with Gasteiger partial charge in [-0.2, -0.15) is 0 Å². The van der Waals surface area contributed by atoms with Gasteiger partial charge in [0.25, 0.3) is 0 Å². The van der Waals surface area contributed by atoms with Crippen molar-refractivity contribution in [3.8, 4) is 0 Å². The summed E-state index contributed by atoms with van der Waals surface area (Å²) in [6.45, 7) is 2.29. The van der Waals surface area contributed by atoms with E-state index in [0.717, 1.165) is 0 Å². The Bertz CT molecular complexity index is 203. The minimum atomic E-state index is -0.908. The molecule has 6 nitrogen and oxygen atoms in total. The molecule has 0 aromatic rings. The maximum Gasteiger partial charge on any atom is 0.305 e. The molecule has 0 radical (unpaired) electrons. The summed E-state index contributed by atoms with van der Waals surface area (Å²) in [4.78, 5) is 20.3. The Balaban J connectivity index is 3.29. The summed E-state index contributed by atoms with van der Waals surface area (Å²) < 4.78 is 10.1. The molecule has 0 bridgehead atoms. The molecule has 0 heterocycles. The highest BCUT2D eigenvalue weighted by Gasteiger charge is 2.04. The topological polar surface area (TPSA) is 93.1 Å². The number of aliphatic carboxylic acids is 2. The van der Waals surface area contributed by atoms with Crippen LogP contribution in [0.2, 0.25) is 0 Å². The van der Waals surface area contributed by atoms with E-state index in [1.54, 1.807) is 6.92 Å². The molecule has 0 spiro atoms. The van der Waals surface area contributed by atoms with Crippen molar-refractivity contribution in [2.45, 2.75) is 25.9 Å². The number of carboxylic acid groups (broad SMARTS) is 2. The van der Waals surface area contributed by atoms with Crippen LogP contribution in [0.15, 0.2) is 0 Å². The highest BCUT2D eigenvalue weighted by atomic mass is 16.5. The van der Waals surface area contributed by atoms with Crippen molar-refractivity contribution >= 4 is 11.9 Å². The van der Waals surface area contributed by atoms with E-state index >= 15 is 0 Å². The molecule has 0 saturated carbocycles. The first-order valence-electron chi connectivity index (χ1n) is 4.65. The third-order valence-electron chi connectivity index (χ3n) is 1.53. The van der Waals surface area contributed by atoms with E-state index in [1.807, 2.05) is 0 Å². The van der Waals surface area contributed by atoms with Gasteiger partial charge < -0.3 is 19.7 Å². The van der Waals surface area contributed by atoms with Gasteiger partial charge in [-0.25, -0.2) is 0 Å². The Morgan fingerprint density at radius 2 is 1.67 bits per heavy atom. The van der Waals surface area contributed by atoms with Gasteiger partial charge in [-0.05, 0) is 6.92 Å². The third-order valence-corrected chi connectivity index (χ3v) is 1.53. The van der Waals surface area contributed by atoms with Gasteiger partial charge in [0, 0.05) is 0 Å². The molecular formula is C9H16O6. The molecule has 0 aliphatic heterocycles. The van der Waals surface area contributed by atoms with Crippen LogP contribution in [0.25, 0.3) is 0 Å². The van der Waals surface area contributed by atoms with E-state index in [4.69, 9.17) is 19.7 Å². The highest BCUT2D eigenvalue weighted by Crippen LogP contribution is 1.95. The summed E-state index contributed by atoms with van der Waals surface area (Å²) in [6, 6.07) is 0. The first-order valence-corrected chi connectivity index (χ1v) is 4.65. The SMILES string of the molecule is CC(COCCC(=O)O)OCCC(=O)O. The van der Waals surface area contributed by atoms with Gasteiger partial charge >= 0.3 is 11.9 Å². The minimum absolute atomic E-state index is 0.0398. The maximum absolute atomic E-state index is 10.1. The fraction of sp³-hybridized carbons (Fsp3) is 0.778. The van der Waals surface area contributed by atoms with Crippen molar-refractivity contribution in [2.24, 2.45) is 0 Å². The summed E-state index contributed by atoms with van der Waals surface area (Å²) in [6.07, 6.45) is -0.306. The average Bonchev–Trinajstić information content (AvgIpc) is 2.11. The third kappa shape index (κ3) is 10.8. The summed E-state index contributed by atoms with van der Waals surface area (Å²) >= 11 is 0. The number of hydrogen-bond acceptors (Lipinski definition) is 4. The predicted octanol–water partition coefficient (Wildman–Crippen LogP) is 0.357. The van der Waals surface area contributed by atoms with Crippen LogP contribution >= 0.6 is 0 Å². The van der Waals surface area contributed by atoms with Crippen molar-refractivity contribution in [1.82, 2.24) is 0 Å². The van der Waals surface area contributed by atoms with E-state index < -0.39 is 11.9 Å². The molecule has 1 unspecified atom stereocenters. The number of rotatable bonds is 9. The lowest BCUT2D eigenvalue weighted by atomic mass is 10.4. The van der Waals surface area contributed by atoms with Crippen LogP contribution in [0.1, 0.15) is 19.8 Å². The fourth-order valence-electron chi connectivity index (χ4n) is 0.804. The summed E-state index contributed by atoms with van der Waals surface area (Å²) in [7, 11) is 0. The standard InChI is InChI=1S/C9H16O6/c1-7(15-5-3-9(12)13)6-14-4-2-8(10)11/h7H,2-6H2,1H3,(H,10,11)(H,12,13). The van der Waals surface area contributed by atoms with Gasteiger partial charge in [-0.3, -0.25) is 9.59 Å². The second kappa shape index (κ2) is 8.19. The molecule has 0 fully saturated rings. The van der Waals surface area contributed by atoms with E-state index in [1.165, 1.54) is 0 Å². The molecule has 0 aliphatic carbocycles. The molecule has 88 valence electrons. The quantitative estimate of drug-likeness (QED) is 0.545. The van der Waals surface area contributed by atoms with Crippen LogP contribution in [0.3, 0.4) is 0 Å². The van der Waals surface area contributed by atoms with Gasteiger partial charge in [-0.1, -0.05) is 0 Å². The number of carboxylic acids is 2.